The highest BCUT2D eigenvalue weighted by atomic mass is 32.1. The average molecular weight is 736 g/mol. The van der Waals surface area contributed by atoms with E-state index in [4.69, 9.17) is 5.11 Å². The lowest BCUT2D eigenvalue weighted by atomic mass is 9.85. The molecular formula is C42H45N3O7S. The van der Waals surface area contributed by atoms with E-state index >= 15 is 0 Å². The first-order valence-corrected chi connectivity index (χ1v) is 19.0. The highest BCUT2D eigenvalue weighted by molar-refractivity contribution is 7.17. The van der Waals surface area contributed by atoms with Crippen molar-refractivity contribution in [3.05, 3.63) is 117 Å². The fourth-order valence-electron chi connectivity index (χ4n) is 6.92. The van der Waals surface area contributed by atoms with Crippen molar-refractivity contribution < 1.29 is 34.2 Å². The minimum atomic E-state index is -0.948. The third kappa shape index (κ3) is 9.78. The second kappa shape index (κ2) is 16.2. The van der Waals surface area contributed by atoms with Crippen molar-refractivity contribution in [2.24, 2.45) is 5.41 Å². The zero-order valence-electron chi connectivity index (χ0n) is 30.1. The molecule has 2 aliphatic carbocycles. The van der Waals surface area contributed by atoms with Crippen LogP contribution in [0.4, 0.5) is 10.7 Å². The summed E-state index contributed by atoms with van der Waals surface area (Å²) in [6.45, 7) is 3.91. The van der Waals surface area contributed by atoms with Gasteiger partial charge in [-0.25, -0.2) is 4.79 Å². The number of carboxylic acid groups (broad SMARTS) is 2. The molecule has 0 bridgehead atoms. The minimum Gasteiger partial charge on any atom is -0.481 e. The Morgan fingerprint density at radius 1 is 0.774 bits per heavy atom. The van der Waals surface area contributed by atoms with Gasteiger partial charge in [0.2, 0.25) is 5.91 Å². The van der Waals surface area contributed by atoms with Gasteiger partial charge in [-0.1, -0.05) is 50.2 Å². The van der Waals surface area contributed by atoms with Gasteiger partial charge in [0.25, 0.3) is 11.8 Å². The van der Waals surface area contributed by atoms with Crippen molar-refractivity contribution in [3.63, 3.8) is 0 Å². The number of aliphatic carboxylic acids is 1. The van der Waals surface area contributed by atoms with Crippen LogP contribution >= 0.6 is 11.3 Å². The molecule has 0 radical (unpaired) electrons. The normalized spacial score (nSPS) is 13.8. The van der Waals surface area contributed by atoms with Gasteiger partial charge in [-0.05, 0) is 115 Å². The fourth-order valence-corrected chi connectivity index (χ4v) is 8.20. The number of fused-ring (bicyclic) bond motifs is 1. The first-order valence-electron chi connectivity index (χ1n) is 18.1. The molecule has 2 aliphatic rings. The van der Waals surface area contributed by atoms with Crippen LogP contribution in [0.15, 0.2) is 72.8 Å². The number of amides is 3. The molecule has 1 aromatic heterocycles. The first kappa shape index (κ1) is 37.5. The quantitative estimate of drug-likeness (QED) is 0.0965. The zero-order chi connectivity index (χ0) is 37.7. The Morgan fingerprint density at radius 2 is 1.43 bits per heavy atom. The van der Waals surface area contributed by atoms with Gasteiger partial charge in [0.15, 0.2) is 0 Å². The Kier molecular flexibility index (Phi) is 11.4. The Hall–Kier alpha value is -5.29. The molecule has 10 nitrogen and oxygen atoms in total. The monoisotopic (exact) mass is 735 g/mol. The summed E-state index contributed by atoms with van der Waals surface area (Å²) < 4.78 is 0. The maximum absolute atomic E-state index is 13.9. The van der Waals surface area contributed by atoms with Crippen molar-refractivity contribution in [1.29, 1.82) is 0 Å². The highest BCUT2D eigenvalue weighted by Gasteiger charge is 2.36. The van der Waals surface area contributed by atoms with Crippen molar-refractivity contribution in [2.75, 3.05) is 10.6 Å². The van der Waals surface area contributed by atoms with Crippen LogP contribution in [0, 0.1) is 5.41 Å². The number of carbonyl (C=O) groups excluding carboxylic acids is 3. The van der Waals surface area contributed by atoms with E-state index in [0.29, 0.717) is 28.4 Å². The molecule has 0 saturated heterocycles. The third-order valence-corrected chi connectivity index (χ3v) is 11.1. The van der Waals surface area contributed by atoms with E-state index < -0.39 is 17.4 Å². The number of benzene rings is 3. The smallest absolute Gasteiger partial charge is 0.335 e. The van der Waals surface area contributed by atoms with E-state index in [0.717, 1.165) is 78.5 Å². The molecule has 4 N–H and O–H groups in total. The van der Waals surface area contributed by atoms with E-state index in [1.807, 2.05) is 47.4 Å². The Morgan fingerprint density at radius 3 is 2.08 bits per heavy atom. The molecule has 0 unspecified atom stereocenters. The molecule has 1 saturated carbocycles. The predicted octanol–water partition coefficient (Wildman–Crippen LogP) is 8.00. The molecule has 53 heavy (non-hydrogen) atoms. The van der Waals surface area contributed by atoms with Crippen molar-refractivity contribution >= 4 is 51.7 Å². The lowest BCUT2D eigenvalue weighted by molar-refractivity contribution is -0.141. The number of carboxylic acids is 2. The molecular weight excluding hydrogens is 691 g/mol. The number of nitrogens with zero attached hydrogens (tertiary/aromatic N) is 1. The molecule has 0 aliphatic heterocycles. The fraction of sp³-hybridized carbons (Fsp3) is 0.357. The Balaban J connectivity index is 1.12. The second-order valence-corrected chi connectivity index (χ2v) is 16.0. The van der Waals surface area contributed by atoms with Gasteiger partial charge >= 0.3 is 11.9 Å². The molecule has 1 heterocycles. The minimum absolute atomic E-state index is 0.0899. The van der Waals surface area contributed by atoms with E-state index in [9.17, 15) is 29.1 Å². The van der Waals surface area contributed by atoms with Crippen molar-refractivity contribution in [3.8, 4) is 0 Å². The van der Waals surface area contributed by atoms with E-state index in [1.165, 1.54) is 11.3 Å². The number of thiophene rings is 1. The second-order valence-electron chi connectivity index (χ2n) is 14.9. The van der Waals surface area contributed by atoms with Gasteiger partial charge in [-0.3, -0.25) is 19.2 Å². The number of nitrogens with one attached hydrogen (secondary N) is 2. The van der Waals surface area contributed by atoms with Crippen LogP contribution < -0.4 is 10.6 Å². The van der Waals surface area contributed by atoms with Crippen molar-refractivity contribution in [2.45, 2.75) is 90.6 Å². The van der Waals surface area contributed by atoms with Gasteiger partial charge in [-0.15, -0.1) is 11.3 Å². The molecule has 6 rings (SSSR count). The van der Waals surface area contributed by atoms with E-state index in [1.54, 1.807) is 44.2 Å². The molecule has 3 aromatic carbocycles. The van der Waals surface area contributed by atoms with Gasteiger partial charge < -0.3 is 25.7 Å². The molecule has 1 fully saturated rings. The highest BCUT2D eigenvalue weighted by Crippen LogP contribution is 2.39. The molecule has 0 spiro atoms. The first-order chi connectivity index (χ1) is 25.3. The summed E-state index contributed by atoms with van der Waals surface area (Å²) in [4.78, 5) is 66.3. The predicted molar refractivity (Wildman–Crippen MR) is 205 cm³/mol. The number of aromatic carboxylic acids is 1. The van der Waals surface area contributed by atoms with Gasteiger partial charge in [0, 0.05) is 35.1 Å². The maximum atomic E-state index is 13.9. The molecule has 0 atom stereocenters. The lowest BCUT2D eigenvalue weighted by Crippen LogP contribution is -2.36. The molecule has 11 heteroatoms. The van der Waals surface area contributed by atoms with Crippen LogP contribution in [0.5, 0.6) is 0 Å². The molecule has 276 valence electrons. The van der Waals surface area contributed by atoms with Crippen LogP contribution in [0.1, 0.15) is 111 Å². The van der Waals surface area contributed by atoms with E-state index in [2.05, 4.69) is 10.6 Å². The van der Waals surface area contributed by atoms with Crippen LogP contribution in [0.3, 0.4) is 0 Å². The topological polar surface area (TPSA) is 153 Å². The summed E-state index contributed by atoms with van der Waals surface area (Å²) in [6, 6.07) is 21.8. The van der Waals surface area contributed by atoms with Crippen LogP contribution in [0.2, 0.25) is 0 Å². The summed E-state index contributed by atoms with van der Waals surface area (Å²) in [5, 5.41) is 25.0. The molecule has 3 amide bonds. The summed E-state index contributed by atoms with van der Waals surface area (Å²) in [6.07, 6.45) is 6.95. The average Bonchev–Trinajstić information content (AvgIpc) is 3.89. The SMILES string of the molecule is CC(C)(CC(=O)O)CC(=O)N(Cc1cccc(C(=O)Nc2sc3c(c2C(=O)Nc2ccc(CCc4ccc(C(=O)O)cc4)cc2)CCCC3)c1)C1CC1. The number of carbonyl (C=O) groups is 5. The summed E-state index contributed by atoms with van der Waals surface area (Å²) in [5.74, 6) is -2.58. The maximum Gasteiger partial charge on any atom is 0.335 e. The molecule has 4 aromatic rings. The summed E-state index contributed by atoms with van der Waals surface area (Å²) >= 11 is 1.45. The number of rotatable bonds is 15. The lowest BCUT2D eigenvalue weighted by Gasteiger charge is -2.28. The van der Waals surface area contributed by atoms with Crippen LogP contribution in [-0.4, -0.2) is 50.8 Å². The van der Waals surface area contributed by atoms with E-state index in [-0.39, 0.29) is 42.2 Å². The third-order valence-electron chi connectivity index (χ3n) is 9.85. The van der Waals surface area contributed by atoms with Gasteiger partial charge in [-0.2, -0.15) is 0 Å². The van der Waals surface area contributed by atoms with Gasteiger partial charge in [0.05, 0.1) is 17.5 Å². The zero-order valence-corrected chi connectivity index (χ0v) is 30.9. The summed E-state index contributed by atoms with van der Waals surface area (Å²) in [5.41, 5.74) is 5.06. The number of aryl methyl sites for hydroxylation is 3. The Labute approximate surface area is 313 Å². The summed E-state index contributed by atoms with van der Waals surface area (Å²) in [7, 11) is 0. The standard InChI is InChI=1S/C42H45N3O7S/c1-42(2,24-36(47)48)23-35(46)45(32-20-21-32)25-28-6-5-7-30(22-28)38(49)44-40-37(33-8-3-4-9-34(33)53-40)39(50)43-31-18-14-27(15-19-31)11-10-26-12-16-29(17-13-26)41(51)52/h5-7,12-19,22,32H,3-4,8-11,20-21,23-25H2,1-2H3,(H,43,50)(H,44,49)(H,47,48)(H,51,52). The van der Waals surface area contributed by atoms with Gasteiger partial charge in [0.1, 0.15) is 5.00 Å². The van der Waals surface area contributed by atoms with Crippen LogP contribution in [0.25, 0.3) is 0 Å². The van der Waals surface area contributed by atoms with Crippen molar-refractivity contribution in [1.82, 2.24) is 4.90 Å². The largest absolute Gasteiger partial charge is 0.481 e. The number of hydrogen-bond donors (Lipinski definition) is 4. The Bertz CT molecular complexity index is 2010. The van der Waals surface area contributed by atoms with Crippen LogP contribution in [-0.2, 0) is 41.8 Å². The number of hydrogen-bond acceptors (Lipinski definition) is 6. The number of anilines is 2.